The van der Waals surface area contributed by atoms with Gasteiger partial charge in [-0.3, -0.25) is 4.79 Å². The maximum atomic E-state index is 12.8. The quantitative estimate of drug-likeness (QED) is 0.846. The van der Waals surface area contributed by atoms with Gasteiger partial charge in [0.2, 0.25) is 5.91 Å². The van der Waals surface area contributed by atoms with Gasteiger partial charge in [0, 0.05) is 12.8 Å². The molecule has 1 aromatic carbocycles. The zero-order valence-electron chi connectivity index (χ0n) is 14.6. The van der Waals surface area contributed by atoms with Crippen LogP contribution >= 0.6 is 0 Å². The number of anilines is 1. The summed E-state index contributed by atoms with van der Waals surface area (Å²) in [6, 6.07) is 5.76. The second-order valence-electron chi connectivity index (χ2n) is 6.56. The Labute approximate surface area is 138 Å². The molecule has 1 heterocycles. The van der Waals surface area contributed by atoms with Gasteiger partial charge in [0.25, 0.3) is 0 Å². The molecule has 5 heteroatoms. The van der Waals surface area contributed by atoms with E-state index in [1.807, 2.05) is 39.0 Å². The van der Waals surface area contributed by atoms with Gasteiger partial charge in [-0.15, -0.1) is 0 Å². The van der Waals surface area contributed by atoms with Gasteiger partial charge in [0.1, 0.15) is 5.75 Å². The number of nitrogens with one attached hydrogen (secondary N) is 2. The highest BCUT2D eigenvalue weighted by Gasteiger charge is 2.39. The third kappa shape index (κ3) is 4.45. The summed E-state index contributed by atoms with van der Waals surface area (Å²) in [4.78, 5) is 12.8. The lowest BCUT2D eigenvalue weighted by atomic mass is 9.78. The summed E-state index contributed by atoms with van der Waals surface area (Å²) < 4.78 is 11.1. The van der Waals surface area contributed by atoms with Crippen molar-refractivity contribution < 1.29 is 14.3 Å². The van der Waals surface area contributed by atoms with Gasteiger partial charge < -0.3 is 20.1 Å². The smallest absolute Gasteiger partial charge is 0.233 e. The van der Waals surface area contributed by atoms with E-state index in [0.29, 0.717) is 6.61 Å². The normalized spacial score (nSPS) is 17.1. The molecule has 1 fully saturated rings. The molecule has 0 aliphatic carbocycles. The molecule has 1 aliphatic rings. The molecule has 128 valence electrons. The molecule has 1 aromatic rings. The lowest BCUT2D eigenvalue weighted by molar-refractivity contribution is -0.130. The molecular formula is C18H28N2O3. The van der Waals surface area contributed by atoms with Crippen molar-refractivity contribution in [1.29, 1.82) is 0 Å². The van der Waals surface area contributed by atoms with Gasteiger partial charge in [-0.25, -0.2) is 0 Å². The third-order valence-electron chi connectivity index (χ3n) is 4.26. The number of benzene rings is 1. The Kier molecular flexibility index (Phi) is 6.02. The Hall–Kier alpha value is -1.59. The molecule has 0 unspecified atom stereocenters. The van der Waals surface area contributed by atoms with Crippen molar-refractivity contribution in [2.24, 2.45) is 5.41 Å². The van der Waals surface area contributed by atoms with E-state index in [-0.39, 0.29) is 12.0 Å². The van der Waals surface area contributed by atoms with Crippen LogP contribution in [0.3, 0.4) is 0 Å². The molecule has 0 bridgehead atoms. The minimum atomic E-state index is -0.443. The van der Waals surface area contributed by atoms with Crippen LogP contribution in [0.25, 0.3) is 0 Å². The summed E-state index contributed by atoms with van der Waals surface area (Å²) in [5.74, 6) is 0.893. The van der Waals surface area contributed by atoms with Gasteiger partial charge >= 0.3 is 0 Å². The number of methoxy groups -OCH3 is 1. The summed E-state index contributed by atoms with van der Waals surface area (Å²) in [6.07, 6.45) is 1.72. The van der Waals surface area contributed by atoms with Crippen molar-refractivity contribution in [3.05, 3.63) is 23.8 Å². The van der Waals surface area contributed by atoms with Crippen molar-refractivity contribution in [3.63, 3.8) is 0 Å². The molecule has 1 amide bonds. The van der Waals surface area contributed by atoms with Crippen LogP contribution in [0.4, 0.5) is 5.69 Å². The molecule has 0 aromatic heterocycles. The predicted molar refractivity (Wildman–Crippen MR) is 92.0 cm³/mol. The molecule has 1 aliphatic heterocycles. The monoisotopic (exact) mass is 320 g/mol. The zero-order chi connectivity index (χ0) is 16.9. The molecule has 0 atom stereocenters. The highest BCUT2D eigenvalue weighted by atomic mass is 16.5. The molecule has 23 heavy (non-hydrogen) atoms. The molecular weight excluding hydrogens is 292 g/mol. The maximum Gasteiger partial charge on any atom is 0.233 e. The Bertz CT molecular complexity index is 532. The van der Waals surface area contributed by atoms with Crippen LogP contribution < -0.4 is 15.4 Å². The Balaban J connectivity index is 2.10. The lowest BCUT2D eigenvalue weighted by Gasteiger charge is -2.35. The van der Waals surface area contributed by atoms with E-state index in [1.54, 1.807) is 7.11 Å². The third-order valence-corrected chi connectivity index (χ3v) is 4.26. The van der Waals surface area contributed by atoms with Crippen molar-refractivity contribution in [2.45, 2.75) is 39.7 Å². The maximum absolute atomic E-state index is 12.8. The van der Waals surface area contributed by atoms with E-state index in [4.69, 9.17) is 9.47 Å². The highest BCUT2D eigenvalue weighted by Crippen LogP contribution is 2.31. The summed E-state index contributed by atoms with van der Waals surface area (Å²) in [6.45, 7) is 8.13. The molecule has 2 N–H and O–H groups in total. The molecule has 1 saturated heterocycles. The molecule has 0 saturated carbocycles. The van der Waals surface area contributed by atoms with Crippen molar-refractivity contribution in [3.8, 4) is 5.75 Å². The first-order valence-corrected chi connectivity index (χ1v) is 8.25. The van der Waals surface area contributed by atoms with Crippen LogP contribution in [-0.4, -0.2) is 38.8 Å². The first-order chi connectivity index (χ1) is 11.0. The Morgan fingerprint density at radius 1 is 1.35 bits per heavy atom. The summed E-state index contributed by atoms with van der Waals surface area (Å²) in [7, 11) is 1.65. The first kappa shape index (κ1) is 17.8. The highest BCUT2D eigenvalue weighted by molar-refractivity contribution is 5.95. The van der Waals surface area contributed by atoms with Crippen LogP contribution in [-0.2, 0) is 9.53 Å². The van der Waals surface area contributed by atoms with Crippen molar-refractivity contribution in [2.75, 3.05) is 32.1 Å². The Morgan fingerprint density at radius 2 is 2.04 bits per heavy atom. The van der Waals surface area contributed by atoms with Gasteiger partial charge in [0.05, 0.1) is 18.1 Å². The number of ether oxygens (including phenoxy) is 2. The number of rotatable bonds is 6. The lowest BCUT2D eigenvalue weighted by Crippen LogP contribution is -2.47. The molecule has 0 radical (unpaired) electrons. The molecule has 5 nitrogen and oxygen atoms in total. The van der Waals surface area contributed by atoms with E-state index in [9.17, 15) is 4.79 Å². The van der Waals surface area contributed by atoms with Crippen LogP contribution in [0.2, 0.25) is 0 Å². The van der Waals surface area contributed by atoms with Crippen LogP contribution in [0.15, 0.2) is 18.2 Å². The number of piperidine rings is 1. The van der Waals surface area contributed by atoms with Crippen molar-refractivity contribution in [1.82, 2.24) is 5.32 Å². The number of hydrogen-bond acceptors (Lipinski definition) is 4. The Morgan fingerprint density at radius 3 is 2.61 bits per heavy atom. The minimum Gasteiger partial charge on any atom is -0.491 e. The van der Waals surface area contributed by atoms with E-state index < -0.39 is 5.41 Å². The first-order valence-electron chi connectivity index (χ1n) is 8.25. The fourth-order valence-electron chi connectivity index (χ4n) is 3.00. The van der Waals surface area contributed by atoms with Gasteiger partial charge in [-0.05, 0) is 70.5 Å². The second-order valence-corrected chi connectivity index (χ2v) is 6.56. The van der Waals surface area contributed by atoms with Crippen molar-refractivity contribution >= 4 is 11.6 Å². The van der Waals surface area contributed by atoms with Crippen LogP contribution in [0.1, 0.15) is 32.3 Å². The minimum absolute atomic E-state index is 0.0396. The largest absolute Gasteiger partial charge is 0.491 e. The summed E-state index contributed by atoms with van der Waals surface area (Å²) >= 11 is 0. The summed E-state index contributed by atoms with van der Waals surface area (Å²) in [5.41, 5.74) is 1.38. The van der Waals surface area contributed by atoms with E-state index in [2.05, 4.69) is 10.6 Å². The van der Waals surface area contributed by atoms with Gasteiger partial charge in [0.15, 0.2) is 0 Å². The second kappa shape index (κ2) is 7.79. The number of carbonyl (C=O) groups is 1. The SMILES string of the molecule is COCC1(C(=O)Nc2ccc(OC(C)C)c(C)c2)CCNCC1. The zero-order valence-corrected chi connectivity index (χ0v) is 14.6. The number of amides is 1. The predicted octanol–water partition coefficient (Wildman–Crippen LogP) is 2.74. The topological polar surface area (TPSA) is 59.6 Å². The van der Waals surface area contributed by atoms with Gasteiger partial charge in [-0.1, -0.05) is 0 Å². The average Bonchev–Trinajstić information content (AvgIpc) is 2.51. The van der Waals surface area contributed by atoms with E-state index in [1.165, 1.54) is 0 Å². The average molecular weight is 320 g/mol. The number of carbonyl (C=O) groups excluding carboxylic acids is 1. The van der Waals surface area contributed by atoms with Crippen LogP contribution in [0.5, 0.6) is 5.75 Å². The van der Waals surface area contributed by atoms with E-state index in [0.717, 1.165) is 42.9 Å². The fraction of sp³-hybridized carbons (Fsp3) is 0.611. The standard InChI is InChI=1S/C18H28N2O3/c1-13(2)23-16-6-5-15(11-14(16)3)20-17(21)18(12-22-4)7-9-19-10-8-18/h5-6,11,13,19H,7-10,12H2,1-4H3,(H,20,21). The number of hydrogen-bond donors (Lipinski definition) is 2. The summed E-state index contributed by atoms with van der Waals surface area (Å²) in [5, 5.41) is 6.36. The molecule has 2 rings (SSSR count). The van der Waals surface area contributed by atoms with Gasteiger partial charge in [-0.2, -0.15) is 0 Å². The molecule has 0 spiro atoms. The fourth-order valence-corrected chi connectivity index (χ4v) is 3.00. The number of aryl methyl sites for hydroxylation is 1. The van der Waals surface area contributed by atoms with E-state index >= 15 is 0 Å². The van der Waals surface area contributed by atoms with Crippen LogP contribution in [0, 0.1) is 12.3 Å².